The fraction of sp³-hybridized carbons (Fsp3) is 0.269. The van der Waals surface area contributed by atoms with Gasteiger partial charge in [-0.2, -0.15) is 0 Å². The fourth-order valence-corrected chi connectivity index (χ4v) is 5.40. The number of rotatable bonds is 8. The van der Waals surface area contributed by atoms with Crippen LogP contribution in [0.3, 0.4) is 0 Å². The van der Waals surface area contributed by atoms with Crippen LogP contribution in [0.1, 0.15) is 31.0 Å². The zero-order chi connectivity index (χ0) is 26.7. The number of hydrogen-bond donors (Lipinski definition) is 1. The summed E-state index contributed by atoms with van der Waals surface area (Å²) in [6.07, 6.45) is 2.98. The van der Waals surface area contributed by atoms with Gasteiger partial charge in [0, 0.05) is 16.2 Å². The van der Waals surface area contributed by atoms with E-state index >= 15 is 0 Å². The van der Waals surface area contributed by atoms with Crippen molar-refractivity contribution in [3.8, 4) is 23.0 Å². The lowest BCUT2D eigenvalue weighted by molar-refractivity contribution is -0.136. The number of hydrogen-bond acceptors (Lipinski definition) is 9. The number of phenolic OH excluding ortho intramolecular Hbond substituents is 1. The second-order valence-corrected chi connectivity index (χ2v) is 9.72. The highest BCUT2D eigenvalue weighted by Crippen LogP contribution is 2.36. The molecule has 194 valence electrons. The van der Waals surface area contributed by atoms with E-state index in [9.17, 15) is 14.7 Å². The Bertz CT molecular complexity index is 1560. The van der Waals surface area contributed by atoms with E-state index in [4.69, 9.17) is 18.9 Å². The summed E-state index contributed by atoms with van der Waals surface area (Å²) in [5.74, 6) is 0.608. The molecular weight excluding hydrogens is 564 g/mol. The van der Waals surface area contributed by atoms with E-state index < -0.39 is 12.0 Å². The van der Waals surface area contributed by atoms with E-state index in [0.29, 0.717) is 49.6 Å². The predicted octanol–water partition coefficient (Wildman–Crippen LogP) is 3.29. The first-order valence-electron chi connectivity index (χ1n) is 11.4. The quantitative estimate of drug-likeness (QED) is 0.402. The van der Waals surface area contributed by atoms with Crippen molar-refractivity contribution >= 4 is 39.3 Å². The molecule has 0 radical (unpaired) electrons. The average Bonchev–Trinajstić information content (AvgIpc) is 3.21. The van der Waals surface area contributed by atoms with Crippen LogP contribution < -0.4 is 29.1 Å². The molecule has 0 amide bonds. The summed E-state index contributed by atoms with van der Waals surface area (Å²) in [5.41, 5.74) is 0.825. The minimum absolute atomic E-state index is 0.101. The number of halogens is 1. The second-order valence-electron chi connectivity index (χ2n) is 7.79. The molecule has 0 saturated carbocycles. The van der Waals surface area contributed by atoms with Gasteiger partial charge in [0.15, 0.2) is 27.8 Å². The van der Waals surface area contributed by atoms with Crippen LogP contribution in [0.5, 0.6) is 23.0 Å². The van der Waals surface area contributed by atoms with Crippen LogP contribution in [0.2, 0.25) is 0 Å². The van der Waals surface area contributed by atoms with E-state index in [1.165, 1.54) is 25.0 Å². The van der Waals surface area contributed by atoms with Crippen LogP contribution in [0.15, 0.2) is 56.4 Å². The van der Waals surface area contributed by atoms with Crippen LogP contribution in [0, 0.1) is 0 Å². The molecule has 3 aromatic rings. The zero-order valence-electron chi connectivity index (χ0n) is 20.6. The Kier molecular flexibility index (Phi) is 8.03. The number of phenols is 1. The minimum atomic E-state index is -0.814. The number of esters is 1. The molecule has 1 aliphatic rings. The van der Waals surface area contributed by atoms with Gasteiger partial charge < -0.3 is 24.1 Å². The lowest BCUT2D eigenvalue weighted by atomic mass is 9.97. The van der Waals surface area contributed by atoms with Crippen LogP contribution in [0.25, 0.3) is 6.08 Å². The molecule has 0 saturated heterocycles. The van der Waals surface area contributed by atoms with Gasteiger partial charge in [-0.1, -0.05) is 33.3 Å². The number of ether oxygens (including phenoxy) is 4. The number of aromatic hydroxyl groups is 1. The number of thiazole rings is 1. The Labute approximate surface area is 225 Å². The second kappa shape index (κ2) is 11.2. The smallest absolute Gasteiger partial charge is 0.337 e. The molecule has 37 heavy (non-hydrogen) atoms. The summed E-state index contributed by atoms with van der Waals surface area (Å²) >= 11 is 4.53. The topological polar surface area (TPSA) is 109 Å². The van der Waals surface area contributed by atoms with Crippen molar-refractivity contribution in [3.63, 3.8) is 0 Å². The van der Waals surface area contributed by atoms with Gasteiger partial charge >= 0.3 is 5.97 Å². The number of nitrogens with zero attached hydrogens (tertiary/aromatic N) is 2. The Morgan fingerprint density at radius 2 is 1.86 bits per heavy atom. The Morgan fingerprint density at radius 3 is 2.54 bits per heavy atom. The Hall–Kier alpha value is -3.57. The molecule has 1 aromatic heterocycles. The molecule has 2 aromatic carbocycles. The minimum Gasteiger partial charge on any atom is -0.504 e. The summed E-state index contributed by atoms with van der Waals surface area (Å²) in [6.45, 7) is 4.59. The number of methoxy groups -OCH3 is 2. The maximum absolute atomic E-state index is 13.7. The lowest BCUT2D eigenvalue weighted by Crippen LogP contribution is -2.39. The summed E-state index contributed by atoms with van der Waals surface area (Å²) in [7, 11) is 2.72. The van der Waals surface area contributed by atoms with Gasteiger partial charge in [0.1, 0.15) is 0 Å². The van der Waals surface area contributed by atoms with E-state index in [1.807, 2.05) is 13.8 Å². The molecule has 1 aliphatic heterocycles. The molecule has 0 bridgehead atoms. The number of carbonyl (C=O) groups is 1. The molecule has 1 N–H and O–H groups in total. The molecule has 0 spiro atoms. The summed E-state index contributed by atoms with van der Waals surface area (Å²) in [4.78, 5) is 31.2. The highest BCUT2D eigenvalue weighted by Gasteiger charge is 2.31. The largest absolute Gasteiger partial charge is 0.504 e. The summed E-state index contributed by atoms with van der Waals surface area (Å²) in [6, 6.07) is 7.77. The third-order valence-electron chi connectivity index (χ3n) is 5.58. The third-order valence-corrected chi connectivity index (χ3v) is 7.04. The first-order chi connectivity index (χ1) is 17.8. The molecule has 0 unspecified atom stereocenters. The number of aromatic nitrogens is 1. The molecule has 1 atom stereocenters. The van der Waals surface area contributed by atoms with Crippen LogP contribution in [-0.4, -0.2) is 43.1 Å². The molecule has 0 aliphatic carbocycles. The van der Waals surface area contributed by atoms with Crippen molar-refractivity contribution < 1.29 is 28.8 Å². The van der Waals surface area contributed by atoms with Crippen molar-refractivity contribution in [3.05, 3.63) is 77.4 Å². The molecule has 2 heterocycles. The summed E-state index contributed by atoms with van der Waals surface area (Å²) in [5, 5.41) is 10.6. The van der Waals surface area contributed by atoms with E-state index in [0.717, 1.165) is 11.3 Å². The Morgan fingerprint density at radius 1 is 1.14 bits per heavy atom. The van der Waals surface area contributed by atoms with Gasteiger partial charge in [-0.15, -0.1) is 0 Å². The van der Waals surface area contributed by atoms with Gasteiger partial charge in [-0.25, -0.2) is 9.79 Å². The maximum Gasteiger partial charge on any atom is 0.337 e. The SMILES string of the molecule is CCOc1ccc([C@@H]2C(C(=O)OC)=CN=c3s/c(=C\c4cc(Br)cc(OC)c4O)c(=O)n32)cc1OCC. The van der Waals surface area contributed by atoms with Gasteiger partial charge in [-0.3, -0.25) is 9.36 Å². The molecule has 4 rings (SSSR count). The maximum atomic E-state index is 13.7. The lowest BCUT2D eigenvalue weighted by Gasteiger charge is -2.23. The molecule has 0 fully saturated rings. The normalized spacial score (nSPS) is 14.9. The van der Waals surface area contributed by atoms with Gasteiger partial charge in [-0.05, 0) is 49.8 Å². The van der Waals surface area contributed by atoms with Crippen LogP contribution in [0.4, 0.5) is 0 Å². The van der Waals surface area contributed by atoms with Crippen molar-refractivity contribution in [2.24, 2.45) is 4.99 Å². The fourth-order valence-electron chi connectivity index (χ4n) is 3.99. The van der Waals surface area contributed by atoms with Crippen molar-refractivity contribution in [1.82, 2.24) is 4.57 Å². The number of fused-ring (bicyclic) bond motifs is 1. The zero-order valence-corrected chi connectivity index (χ0v) is 23.0. The highest BCUT2D eigenvalue weighted by molar-refractivity contribution is 9.10. The van der Waals surface area contributed by atoms with E-state index in [2.05, 4.69) is 20.9 Å². The highest BCUT2D eigenvalue weighted by atomic mass is 79.9. The van der Waals surface area contributed by atoms with Gasteiger partial charge in [0.25, 0.3) is 5.56 Å². The first kappa shape index (κ1) is 26.5. The molecular formula is C26H25BrN2O7S. The van der Waals surface area contributed by atoms with Crippen LogP contribution in [-0.2, 0) is 9.53 Å². The first-order valence-corrected chi connectivity index (χ1v) is 13.0. The van der Waals surface area contributed by atoms with Gasteiger partial charge in [0.2, 0.25) is 0 Å². The van der Waals surface area contributed by atoms with Crippen LogP contribution >= 0.6 is 27.3 Å². The Balaban J connectivity index is 1.93. The molecule has 9 nitrogen and oxygen atoms in total. The van der Waals surface area contributed by atoms with Crippen molar-refractivity contribution in [1.29, 1.82) is 0 Å². The van der Waals surface area contributed by atoms with Crippen molar-refractivity contribution in [2.45, 2.75) is 19.9 Å². The molecule has 11 heteroatoms. The standard InChI is InChI=1S/C26H25BrN2O7S/c1-5-35-18-8-7-14(10-19(18)36-6-2)22-17(25(32)34-4)13-28-26-29(22)24(31)21(37-26)11-15-9-16(27)12-20(33-3)23(15)30/h7-13,22,30H,5-6H2,1-4H3/b21-11-/t22-/m1/s1. The predicted molar refractivity (Wildman–Crippen MR) is 142 cm³/mol. The number of carbonyl (C=O) groups excluding carboxylic acids is 1. The van der Waals surface area contributed by atoms with E-state index in [1.54, 1.807) is 36.4 Å². The van der Waals surface area contributed by atoms with Gasteiger partial charge in [0.05, 0.1) is 43.6 Å². The summed E-state index contributed by atoms with van der Waals surface area (Å²) < 4.78 is 24.1. The average molecular weight is 589 g/mol. The number of benzene rings is 2. The van der Waals surface area contributed by atoms with Crippen molar-refractivity contribution in [2.75, 3.05) is 27.4 Å². The third kappa shape index (κ3) is 5.14. The monoisotopic (exact) mass is 588 g/mol. The van der Waals surface area contributed by atoms with E-state index in [-0.39, 0.29) is 22.6 Å².